The second-order valence-electron chi connectivity index (χ2n) is 6.49. The molecule has 0 aliphatic rings. The van der Waals surface area contributed by atoms with Gasteiger partial charge in [-0.1, -0.05) is 0 Å². The summed E-state index contributed by atoms with van der Waals surface area (Å²) in [5.41, 5.74) is 2.58. The van der Waals surface area contributed by atoms with Gasteiger partial charge in [0.1, 0.15) is 0 Å². The van der Waals surface area contributed by atoms with Crippen molar-refractivity contribution in [1.29, 1.82) is 0 Å². The zero-order valence-electron chi connectivity index (χ0n) is 16.3. The number of aliphatic carboxylic acids is 1. The van der Waals surface area contributed by atoms with Gasteiger partial charge in [0, 0.05) is 24.2 Å². The highest BCUT2D eigenvalue weighted by Crippen LogP contribution is 2.33. The molecule has 0 unspecified atom stereocenters. The van der Waals surface area contributed by atoms with Crippen molar-refractivity contribution in [2.24, 2.45) is 0 Å². The van der Waals surface area contributed by atoms with Gasteiger partial charge < -0.3 is 19.7 Å². The van der Waals surface area contributed by atoms with E-state index in [0.29, 0.717) is 33.9 Å². The number of carboxylic acid groups (broad SMARTS) is 1. The first-order valence-corrected chi connectivity index (χ1v) is 9.04. The summed E-state index contributed by atoms with van der Waals surface area (Å²) in [6, 6.07) is 5.34. The van der Waals surface area contributed by atoms with E-state index in [-0.39, 0.29) is 18.8 Å². The lowest BCUT2D eigenvalue weighted by Gasteiger charge is -2.08. The first-order chi connectivity index (χ1) is 14.5. The number of methoxy groups -OCH3 is 2. The van der Waals surface area contributed by atoms with Gasteiger partial charge in [-0.25, -0.2) is 9.97 Å². The van der Waals surface area contributed by atoms with Gasteiger partial charge in [0.05, 0.1) is 55.7 Å². The van der Waals surface area contributed by atoms with Crippen LogP contribution in [0.3, 0.4) is 0 Å². The molecule has 0 saturated carbocycles. The highest BCUT2D eigenvalue weighted by atomic mass is 16.5. The van der Waals surface area contributed by atoms with Gasteiger partial charge in [-0.05, 0) is 18.2 Å². The topological polar surface area (TPSA) is 125 Å². The maximum absolute atomic E-state index is 10.7. The average Bonchev–Trinajstić information content (AvgIpc) is 3.35. The molecular weight excluding hydrogens is 390 g/mol. The molecule has 4 aromatic heterocycles. The Labute approximate surface area is 170 Å². The molecule has 0 saturated heterocycles. The van der Waals surface area contributed by atoms with E-state index in [9.17, 15) is 9.90 Å². The number of ether oxygens (including phenoxy) is 2. The minimum absolute atomic E-state index is 0.0206. The van der Waals surface area contributed by atoms with Gasteiger partial charge in [-0.3, -0.25) is 14.0 Å². The molecule has 10 heteroatoms. The van der Waals surface area contributed by atoms with E-state index in [1.807, 2.05) is 0 Å². The van der Waals surface area contributed by atoms with Crippen molar-refractivity contribution < 1.29 is 24.5 Å². The highest BCUT2D eigenvalue weighted by molar-refractivity contribution is 5.87. The summed E-state index contributed by atoms with van der Waals surface area (Å²) in [6.45, 7) is 0.242. The standard InChI is InChI=1S/C20H19N5O5/c1-29-17-7-12(8-21-19(17)30-2)15-4-3-14-16(23-15)11-25(20(14)28)13-9-22-24(10-13)6-5-18(26)27/h3-4,7-11,28H,5-6H2,1-2H3,(H,26,27). The van der Waals surface area contributed by atoms with Crippen LogP contribution in [0.4, 0.5) is 0 Å². The molecule has 30 heavy (non-hydrogen) atoms. The van der Waals surface area contributed by atoms with E-state index in [1.54, 1.807) is 47.6 Å². The van der Waals surface area contributed by atoms with Crippen LogP contribution >= 0.6 is 0 Å². The van der Waals surface area contributed by atoms with Gasteiger partial charge in [0.15, 0.2) is 5.75 Å². The fourth-order valence-corrected chi connectivity index (χ4v) is 3.11. The Morgan fingerprint density at radius 1 is 1.17 bits per heavy atom. The van der Waals surface area contributed by atoms with Gasteiger partial charge in [-0.15, -0.1) is 0 Å². The Hall–Kier alpha value is -4.08. The smallest absolute Gasteiger partial charge is 0.305 e. The van der Waals surface area contributed by atoms with Crippen LogP contribution in [0.2, 0.25) is 0 Å². The predicted molar refractivity (Wildman–Crippen MR) is 107 cm³/mol. The van der Waals surface area contributed by atoms with Crippen molar-refractivity contribution in [3.8, 4) is 34.5 Å². The Morgan fingerprint density at radius 3 is 2.73 bits per heavy atom. The number of rotatable bonds is 7. The summed E-state index contributed by atoms with van der Waals surface area (Å²) in [5.74, 6) is -0.00706. The van der Waals surface area contributed by atoms with Crippen molar-refractivity contribution in [1.82, 2.24) is 24.3 Å². The number of carboxylic acids is 1. The third kappa shape index (κ3) is 3.50. The minimum atomic E-state index is -0.900. The van der Waals surface area contributed by atoms with Gasteiger partial charge >= 0.3 is 5.97 Å². The molecule has 0 amide bonds. The third-order valence-electron chi connectivity index (χ3n) is 4.63. The lowest BCUT2D eigenvalue weighted by atomic mass is 10.1. The van der Waals surface area contributed by atoms with Crippen molar-refractivity contribution in [3.63, 3.8) is 0 Å². The van der Waals surface area contributed by atoms with Crippen LogP contribution in [-0.2, 0) is 11.3 Å². The zero-order valence-corrected chi connectivity index (χ0v) is 16.3. The normalized spacial score (nSPS) is 11.0. The molecule has 0 radical (unpaired) electrons. The van der Waals surface area contributed by atoms with E-state index >= 15 is 0 Å². The molecule has 4 rings (SSSR count). The maximum Gasteiger partial charge on any atom is 0.305 e. The predicted octanol–water partition coefficient (Wildman–Crippen LogP) is 2.48. The number of carbonyl (C=O) groups is 1. The summed E-state index contributed by atoms with van der Waals surface area (Å²) >= 11 is 0. The molecule has 0 aromatic carbocycles. The summed E-state index contributed by atoms with van der Waals surface area (Å²) in [7, 11) is 3.05. The monoisotopic (exact) mass is 409 g/mol. The van der Waals surface area contributed by atoms with Crippen molar-refractivity contribution in [2.45, 2.75) is 13.0 Å². The van der Waals surface area contributed by atoms with Crippen LogP contribution in [0.5, 0.6) is 17.5 Å². The van der Waals surface area contributed by atoms with Crippen LogP contribution in [0.15, 0.2) is 43.0 Å². The van der Waals surface area contributed by atoms with Crippen molar-refractivity contribution in [2.75, 3.05) is 14.2 Å². The molecular formula is C20H19N5O5. The number of nitrogens with zero attached hydrogens (tertiary/aromatic N) is 5. The number of aromatic nitrogens is 5. The number of pyridine rings is 2. The van der Waals surface area contributed by atoms with Crippen molar-refractivity contribution >= 4 is 16.9 Å². The Kier molecular flexibility index (Phi) is 4.97. The van der Waals surface area contributed by atoms with E-state index in [2.05, 4.69) is 15.1 Å². The molecule has 0 bridgehead atoms. The molecule has 4 heterocycles. The third-order valence-corrected chi connectivity index (χ3v) is 4.63. The average molecular weight is 409 g/mol. The number of hydrogen-bond acceptors (Lipinski definition) is 7. The molecule has 0 spiro atoms. The fourth-order valence-electron chi connectivity index (χ4n) is 3.11. The molecule has 0 aliphatic heterocycles. The van der Waals surface area contributed by atoms with Gasteiger partial charge in [-0.2, -0.15) is 5.10 Å². The largest absolute Gasteiger partial charge is 0.494 e. The highest BCUT2D eigenvalue weighted by Gasteiger charge is 2.15. The number of hydrogen-bond donors (Lipinski definition) is 2. The van der Waals surface area contributed by atoms with Crippen LogP contribution in [-0.4, -0.2) is 54.7 Å². The van der Waals surface area contributed by atoms with Crippen molar-refractivity contribution in [3.05, 3.63) is 43.0 Å². The van der Waals surface area contributed by atoms with Crippen LogP contribution in [0, 0.1) is 0 Å². The minimum Gasteiger partial charge on any atom is -0.494 e. The zero-order chi connectivity index (χ0) is 21.3. The summed E-state index contributed by atoms with van der Waals surface area (Å²) < 4.78 is 13.5. The Morgan fingerprint density at radius 2 is 2.00 bits per heavy atom. The summed E-state index contributed by atoms with van der Waals surface area (Å²) in [5, 5.41) is 24.1. The van der Waals surface area contributed by atoms with Gasteiger partial charge in [0.25, 0.3) is 5.88 Å². The number of aryl methyl sites for hydroxylation is 1. The van der Waals surface area contributed by atoms with Gasteiger partial charge in [0.2, 0.25) is 5.88 Å². The first-order valence-electron chi connectivity index (χ1n) is 9.04. The first kappa shape index (κ1) is 19.2. The Balaban J connectivity index is 1.69. The molecule has 0 aliphatic carbocycles. The number of aromatic hydroxyl groups is 1. The Bertz CT molecular complexity index is 1230. The maximum atomic E-state index is 10.7. The molecule has 0 fully saturated rings. The quantitative estimate of drug-likeness (QED) is 0.477. The lowest BCUT2D eigenvalue weighted by Crippen LogP contribution is -2.04. The molecule has 4 aromatic rings. The van der Waals surface area contributed by atoms with Crippen LogP contribution in [0.1, 0.15) is 6.42 Å². The second-order valence-corrected chi connectivity index (χ2v) is 6.49. The molecule has 2 N–H and O–H groups in total. The second kappa shape index (κ2) is 7.74. The number of fused-ring (bicyclic) bond motifs is 1. The van der Waals surface area contributed by atoms with Crippen LogP contribution in [0.25, 0.3) is 27.8 Å². The summed E-state index contributed by atoms with van der Waals surface area (Å²) in [4.78, 5) is 19.6. The lowest BCUT2D eigenvalue weighted by molar-refractivity contribution is -0.137. The molecule has 0 atom stereocenters. The van der Waals surface area contributed by atoms with E-state index in [0.717, 1.165) is 5.56 Å². The SMILES string of the molecule is COc1cc(-c2ccc3c(O)n(-c4cnn(CCC(=O)O)c4)cc3n2)cnc1OC. The van der Waals surface area contributed by atoms with E-state index in [1.165, 1.54) is 18.9 Å². The molecule has 10 nitrogen and oxygen atoms in total. The van der Waals surface area contributed by atoms with Crippen LogP contribution < -0.4 is 9.47 Å². The molecule has 154 valence electrons. The summed E-state index contributed by atoms with van der Waals surface area (Å²) in [6.07, 6.45) is 6.52. The van der Waals surface area contributed by atoms with E-state index < -0.39 is 5.97 Å². The van der Waals surface area contributed by atoms with E-state index in [4.69, 9.17) is 14.6 Å². The fraction of sp³-hybridized carbons (Fsp3) is 0.200.